The summed E-state index contributed by atoms with van der Waals surface area (Å²) in [7, 11) is 0. The lowest BCUT2D eigenvalue weighted by Gasteiger charge is -2.15. The number of hydrogen-bond donors (Lipinski definition) is 0. The smallest absolute Gasteiger partial charge is 0.270 e. The third-order valence-electron chi connectivity index (χ3n) is 3.89. The van der Waals surface area contributed by atoms with Crippen molar-refractivity contribution in [1.29, 1.82) is 0 Å². The minimum absolute atomic E-state index is 0.0837. The molecular weight excluding hydrogens is 388 g/mol. The van der Waals surface area contributed by atoms with Crippen LogP contribution in [0.25, 0.3) is 0 Å². The summed E-state index contributed by atoms with van der Waals surface area (Å²) in [6, 6.07) is 18.7. The van der Waals surface area contributed by atoms with Gasteiger partial charge in [0, 0.05) is 18.8 Å². The molecular formula is C22H18N2O2S2. The zero-order valence-electron chi connectivity index (χ0n) is 15.2. The first-order chi connectivity index (χ1) is 13.6. The van der Waals surface area contributed by atoms with Crippen LogP contribution in [0.15, 0.2) is 96.1 Å². The van der Waals surface area contributed by atoms with Crippen LogP contribution in [0.3, 0.4) is 0 Å². The Morgan fingerprint density at radius 3 is 2.29 bits per heavy atom. The van der Waals surface area contributed by atoms with E-state index in [0.29, 0.717) is 9.23 Å². The molecule has 28 heavy (non-hydrogen) atoms. The van der Waals surface area contributed by atoms with Crippen molar-refractivity contribution in [3.63, 3.8) is 0 Å². The average molecular weight is 407 g/mol. The van der Waals surface area contributed by atoms with Crippen molar-refractivity contribution < 1.29 is 9.59 Å². The Morgan fingerprint density at radius 1 is 1.00 bits per heavy atom. The zero-order chi connectivity index (χ0) is 19.9. The molecule has 1 fully saturated rings. The highest BCUT2D eigenvalue weighted by atomic mass is 32.2. The number of anilines is 2. The summed E-state index contributed by atoms with van der Waals surface area (Å²) < 4.78 is 0.512. The quantitative estimate of drug-likeness (QED) is 0.395. The molecule has 1 heterocycles. The van der Waals surface area contributed by atoms with Crippen LogP contribution in [-0.2, 0) is 9.59 Å². The van der Waals surface area contributed by atoms with Crippen LogP contribution in [0.2, 0.25) is 0 Å². The minimum Gasteiger partial charge on any atom is -0.288 e. The predicted molar refractivity (Wildman–Crippen MR) is 120 cm³/mol. The van der Waals surface area contributed by atoms with Crippen molar-refractivity contribution >= 4 is 51.5 Å². The summed E-state index contributed by atoms with van der Waals surface area (Å²) in [6.07, 6.45) is 8.71. The van der Waals surface area contributed by atoms with E-state index in [9.17, 15) is 9.59 Å². The van der Waals surface area contributed by atoms with Crippen LogP contribution >= 0.6 is 24.0 Å². The molecule has 0 atom stereocenters. The number of para-hydroxylation sites is 2. The molecule has 0 N–H and O–H groups in total. The third-order valence-corrected chi connectivity index (χ3v) is 5.21. The highest BCUT2D eigenvalue weighted by Crippen LogP contribution is 2.34. The summed E-state index contributed by atoms with van der Waals surface area (Å²) in [6.45, 7) is 1.51. The lowest BCUT2D eigenvalue weighted by molar-refractivity contribution is -0.116. The Hall–Kier alpha value is -2.96. The Kier molecular flexibility index (Phi) is 6.57. The molecule has 6 heteroatoms. The van der Waals surface area contributed by atoms with Gasteiger partial charge in [0.25, 0.3) is 5.91 Å². The molecule has 140 valence electrons. The largest absolute Gasteiger partial charge is 0.288 e. The summed E-state index contributed by atoms with van der Waals surface area (Å²) in [5, 5.41) is 0. The van der Waals surface area contributed by atoms with Crippen LogP contribution in [0.4, 0.5) is 11.4 Å². The molecule has 0 saturated carbocycles. The standard InChI is InChI=1S/C22H18N2O2S2/c1-17(25)23(18-11-5-2-6-12-18)16-10-4-9-15-20-21(26)24(22(27)28-20)19-13-7-3-8-14-19/h2-16H,1H3. The molecule has 1 aliphatic rings. The Balaban J connectivity index is 1.69. The first kappa shape index (κ1) is 19.8. The fourth-order valence-corrected chi connectivity index (χ4v) is 3.84. The van der Waals surface area contributed by atoms with E-state index >= 15 is 0 Å². The highest BCUT2D eigenvalue weighted by Gasteiger charge is 2.32. The van der Waals surface area contributed by atoms with Crippen molar-refractivity contribution in [2.45, 2.75) is 6.92 Å². The van der Waals surface area contributed by atoms with Crippen molar-refractivity contribution in [3.05, 3.63) is 96.1 Å². The molecule has 1 aliphatic heterocycles. The van der Waals surface area contributed by atoms with Crippen LogP contribution in [0.1, 0.15) is 6.92 Å². The van der Waals surface area contributed by atoms with E-state index in [1.807, 2.05) is 60.7 Å². The molecule has 2 amide bonds. The lowest BCUT2D eigenvalue weighted by Crippen LogP contribution is -2.27. The molecule has 1 saturated heterocycles. The van der Waals surface area contributed by atoms with Gasteiger partial charge in [-0.2, -0.15) is 0 Å². The fourth-order valence-electron chi connectivity index (χ4n) is 2.59. The van der Waals surface area contributed by atoms with Gasteiger partial charge < -0.3 is 0 Å². The van der Waals surface area contributed by atoms with Crippen molar-refractivity contribution in [2.75, 3.05) is 9.80 Å². The van der Waals surface area contributed by atoms with Gasteiger partial charge in [-0.3, -0.25) is 19.4 Å². The van der Waals surface area contributed by atoms with E-state index in [0.717, 1.165) is 11.4 Å². The van der Waals surface area contributed by atoms with Crippen LogP contribution in [0, 0.1) is 0 Å². The highest BCUT2D eigenvalue weighted by molar-refractivity contribution is 8.27. The molecule has 3 rings (SSSR count). The second-order valence-electron chi connectivity index (χ2n) is 5.83. The first-order valence-corrected chi connectivity index (χ1v) is 9.81. The van der Waals surface area contributed by atoms with E-state index in [1.165, 1.54) is 23.6 Å². The van der Waals surface area contributed by atoms with Gasteiger partial charge in [0.05, 0.1) is 10.6 Å². The average Bonchev–Trinajstić information content (AvgIpc) is 2.99. The second-order valence-corrected chi connectivity index (χ2v) is 7.50. The topological polar surface area (TPSA) is 40.6 Å². The predicted octanol–water partition coefficient (Wildman–Crippen LogP) is 5.06. The van der Waals surface area contributed by atoms with Crippen molar-refractivity contribution in [2.24, 2.45) is 0 Å². The van der Waals surface area contributed by atoms with Gasteiger partial charge in [0.1, 0.15) is 0 Å². The Labute approximate surface area is 173 Å². The maximum atomic E-state index is 12.6. The van der Waals surface area contributed by atoms with Crippen LogP contribution < -0.4 is 9.80 Å². The zero-order valence-corrected chi connectivity index (χ0v) is 16.8. The summed E-state index contributed by atoms with van der Waals surface area (Å²) in [5.74, 6) is -0.218. The van der Waals surface area contributed by atoms with Crippen molar-refractivity contribution in [3.8, 4) is 0 Å². The van der Waals surface area contributed by atoms with Crippen molar-refractivity contribution in [1.82, 2.24) is 0 Å². The number of carbonyl (C=O) groups is 2. The SMILES string of the molecule is CC(=O)N(C=CC=CC=C1SC(=S)N(c2ccccc2)C1=O)c1ccccc1. The monoisotopic (exact) mass is 406 g/mol. The van der Waals surface area contributed by atoms with Crippen LogP contribution in [0.5, 0.6) is 0 Å². The third kappa shape index (κ3) is 4.65. The number of benzene rings is 2. The van der Waals surface area contributed by atoms with E-state index in [1.54, 1.807) is 35.4 Å². The number of allylic oxidation sites excluding steroid dienone is 4. The number of nitrogens with zero attached hydrogens (tertiary/aromatic N) is 2. The Bertz CT molecular complexity index is 967. The molecule has 4 nitrogen and oxygen atoms in total. The van der Waals surface area contributed by atoms with Gasteiger partial charge in [-0.1, -0.05) is 72.5 Å². The number of thiocarbonyl (C=S) groups is 1. The molecule has 0 radical (unpaired) electrons. The molecule has 0 aromatic heterocycles. The maximum absolute atomic E-state index is 12.6. The lowest BCUT2D eigenvalue weighted by atomic mass is 10.3. The van der Waals surface area contributed by atoms with Gasteiger partial charge in [-0.15, -0.1) is 0 Å². The maximum Gasteiger partial charge on any atom is 0.270 e. The molecule has 0 unspecified atom stereocenters. The van der Waals surface area contributed by atoms with Gasteiger partial charge in [0.2, 0.25) is 5.91 Å². The van der Waals surface area contributed by atoms with Gasteiger partial charge in [0.15, 0.2) is 4.32 Å². The van der Waals surface area contributed by atoms with E-state index in [4.69, 9.17) is 12.2 Å². The number of hydrogen-bond acceptors (Lipinski definition) is 4. The summed E-state index contributed by atoms with van der Waals surface area (Å²) >= 11 is 6.61. The van der Waals surface area contributed by atoms with Crippen LogP contribution in [-0.4, -0.2) is 16.1 Å². The molecule has 0 spiro atoms. The normalized spacial score (nSPS) is 15.9. The molecule has 2 aromatic carbocycles. The second kappa shape index (κ2) is 9.30. The fraction of sp³-hybridized carbons (Fsp3) is 0.0455. The number of rotatable bonds is 5. The van der Waals surface area contributed by atoms with E-state index < -0.39 is 0 Å². The first-order valence-electron chi connectivity index (χ1n) is 8.59. The number of carbonyl (C=O) groups excluding carboxylic acids is 2. The molecule has 2 aromatic rings. The van der Waals surface area contributed by atoms with E-state index in [2.05, 4.69) is 0 Å². The van der Waals surface area contributed by atoms with E-state index in [-0.39, 0.29) is 11.8 Å². The molecule has 0 bridgehead atoms. The Morgan fingerprint density at radius 2 is 1.64 bits per heavy atom. The summed E-state index contributed by atoms with van der Waals surface area (Å²) in [4.78, 5) is 28.1. The number of thioether (sulfide) groups is 1. The summed E-state index contributed by atoms with van der Waals surface area (Å²) in [5.41, 5.74) is 1.56. The minimum atomic E-state index is -0.135. The number of amides is 2. The van der Waals surface area contributed by atoms with Gasteiger partial charge in [-0.05, 0) is 36.4 Å². The van der Waals surface area contributed by atoms with Gasteiger partial charge in [-0.25, -0.2) is 0 Å². The van der Waals surface area contributed by atoms with Gasteiger partial charge >= 0.3 is 0 Å². The molecule has 0 aliphatic carbocycles.